The first-order valence-electron chi connectivity index (χ1n) is 6.39. The van der Waals surface area contributed by atoms with Crippen molar-refractivity contribution >= 4 is 5.78 Å². The minimum absolute atomic E-state index is 0.00801. The number of Topliss-reactive ketones (excluding diaryl/α,β-unsaturated/α-hetero) is 1. The fourth-order valence-electron chi connectivity index (χ4n) is 2.72. The number of carbonyl (C=O) groups is 1. The van der Waals surface area contributed by atoms with Crippen molar-refractivity contribution in [3.8, 4) is 0 Å². The molecule has 0 bridgehead atoms. The van der Waals surface area contributed by atoms with Gasteiger partial charge in [0.2, 0.25) is 11.6 Å². The summed E-state index contributed by atoms with van der Waals surface area (Å²) in [5, 5.41) is 4.26. The number of carbonyl (C=O) groups excluding carboxylic acids is 1. The Balaban J connectivity index is 1.69. The Morgan fingerprint density at radius 2 is 2.06 bits per heavy atom. The van der Waals surface area contributed by atoms with Crippen LogP contribution >= 0.6 is 0 Å². The van der Waals surface area contributed by atoms with Crippen molar-refractivity contribution in [3.63, 3.8) is 0 Å². The van der Waals surface area contributed by atoms with Crippen LogP contribution in [0.2, 0.25) is 0 Å². The van der Waals surface area contributed by atoms with Gasteiger partial charge in [-0.2, -0.15) is 0 Å². The first kappa shape index (κ1) is 9.74. The molecule has 0 unspecified atom stereocenters. The highest BCUT2D eigenvalue weighted by atomic mass is 19.1. The molecule has 0 saturated heterocycles. The second kappa shape index (κ2) is 3.15. The molecule has 0 aromatic carbocycles. The number of aromatic nitrogens is 3. The minimum Gasteiger partial charge on any atom is -0.290 e. The largest absolute Gasteiger partial charge is 0.290 e. The summed E-state index contributed by atoms with van der Waals surface area (Å²) in [6.45, 7) is 0. The molecule has 2 atom stereocenters. The van der Waals surface area contributed by atoms with Gasteiger partial charge in [0.25, 0.3) is 0 Å². The number of fused-ring (bicyclic) bond motifs is 1. The van der Waals surface area contributed by atoms with Gasteiger partial charge in [-0.05, 0) is 31.6 Å². The molecule has 17 heavy (non-hydrogen) atoms. The third-order valence-electron chi connectivity index (χ3n) is 4.04. The summed E-state index contributed by atoms with van der Waals surface area (Å²) in [4.78, 5) is 16.0. The Labute approximate surface area is 98.2 Å². The highest BCUT2D eigenvalue weighted by Crippen LogP contribution is 2.49. The van der Waals surface area contributed by atoms with Crippen LogP contribution in [0.1, 0.15) is 60.8 Å². The highest BCUT2D eigenvalue weighted by molar-refractivity contribution is 5.95. The standard InChI is InChI=1S/C12H14FN3O/c13-8-5-9(6-1-2-6)16-12(8)14-11(15-16)10(17)7-3-4-7/h6-9H,1-5H2/t8-,9-/m0/s1. The van der Waals surface area contributed by atoms with E-state index in [2.05, 4.69) is 10.1 Å². The Bertz CT molecular complexity index is 490. The number of rotatable bonds is 3. The number of nitrogens with zero attached hydrogens (tertiary/aromatic N) is 3. The third-order valence-corrected chi connectivity index (χ3v) is 4.04. The monoisotopic (exact) mass is 235 g/mol. The van der Waals surface area contributed by atoms with Crippen molar-refractivity contribution in [2.45, 2.75) is 44.3 Å². The van der Waals surface area contributed by atoms with E-state index in [0.717, 1.165) is 25.7 Å². The summed E-state index contributed by atoms with van der Waals surface area (Å²) >= 11 is 0. The van der Waals surface area contributed by atoms with E-state index in [1.54, 1.807) is 4.68 Å². The maximum Gasteiger partial charge on any atom is 0.217 e. The van der Waals surface area contributed by atoms with Crippen LogP contribution in [0.5, 0.6) is 0 Å². The van der Waals surface area contributed by atoms with Crippen molar-refractivity contribution in [2.75, 3.05) is 0 Å². The molecule has 1 aromatic heterocycles. The zero-order chi connectivity index (χ0) is 11.6. The molecule has 0 spiro atoms. The number of halogens is 1. The van der Waals surface area contributed by atoms with E-state index in [-0.39, 0.29) is 23.6 Å². The number of alkyl halides is 1. The Morgan fingerprint density at radius 1 is 1.29 bits per heavy atom. The van der Waals surface area contributed by atoms with E-state index in [4.69, 9.17) is 0 Å². The molecule has 2 aliphatic carbocycles. The Morgan fingerprint density at radius 3 is 2.71 bits per heavy atom. The summed E-state index contributed by atoms with van der Waals surface area (Å²) < 4.78 is 15.5. The van der Waals surface area contributed by atoms with Gasteiger partial charge in [-0.25, -0.2) is 14.1 Å². The lowest BCUT2D eigenvalue weighted by atomic mass is 10.1. The van der Waals surface area contributed by atoms with Crippen LogP contribution in [0, 0.1) is 11.8 Å². The van der Waals surface area contributed by atoms with E-state index in [1.165, 1.54) is 0 Å². The number of ketones is 1. The SMILES string of the molecule is O=C(c1nc2n(n1)[C@H](C1CC1)C[C@@H]2F)C1CC1. The van der Waals surface area contributed by atoms with E-state index < -0.39 is 6.17 Å². The van der Waals surface area contributed by atoms with Gasteiger partial charge in [-0.3, -0.25) is 4.79 Å². The summed E-state index contributed by atoms with van der Waals surface area (Å²) in [5.41, 5.74) is 0. The van der Waals surface area contributed by atoms with Crippen molar-refractivity contribution in [1.29, 1.82) is 0 Å². The van der Waals surface area contributed by atoms with Crippen LogP contribution < -0.4 is 0 Å². The molecule has 3 aliphatic rings. The maximum atomic E-state index is 13.8. The molecule has 90 valence electrons. The number of hydrogen-bond donors (Lipinski definition) is 0. The summed E-state index contributed by atoms with van der Waals surface area (Å²) in [6.07, 6.45) is 3.65. The molecule has 0 radical (unpaired) electrons. The summed E-state index contributed by atoms with van der Waals surface area (Å²) in [7, 11) is 0. The Hall–Kier alpha value is -1.26. The van der Waals surface area contributed by atoms with Gasteiger partial charge in [0, 0.05) is 12.3 Å². The molecular formula is C12H14FN3O. The molecule has 4 nitrogen and oxygen atoms in total. The third kappa shape index (κ3) is 1.44. The second-order valence-corrected chi connectivity index (χ2v) is 5.48. The molecular weight excluding hydrogens is 221 g/mol. The van der Waals surface area contributed by atoms with Gasteiger partial charge in [-0.1, -0.05) is 0 Å². The molecule has 0 amide bonds. The molecule has 2 saturated carbocycles. The normalized spacial score (nSPS) is 31.6. The molecule has 5 heteroatoms. The van der Waals surface area contributed by atoms with Gasteiger partial charge in [-0.15, -0.1) is 5.10 Å². The van der Waals surface area contributed by atoms with Crippen LogP contribution in [-0.4, -0.2) is 20.5 Å². The van der Waals surface area contributed by atoms with Gasteiger partial charge < -0.3 is 0 Å². The molecule has 2 fully saturated rings. The predicted octanol–water partition coefficient (Wildman–Crippen LogP) is 2.24. The fourth-order valence-corrected chi connectivity index (χ4v) is 2.72. The Kier molecular flexibility index (Phi) is 1.80. The molecule has 0 N–H and O–H groups in total. The van der Waals surface area contributed by atoms with Crippen molar-refractivity contribution in [2.24, 2.45) is 11.8 Å². The van der Waals surface area contributed by atoms with Crippen LogP contribution in [-0.2, 0) is 0 Å². The van der Waals surface area contributed by atoms with E-state index in [0.29, 0.717) is 18.2 Å². The minimum atomic E-state index is -1.03. The summed E-state index contributed by atoms with van der Waals surface area (Å²) in [5.74, 6) is 1.30. The number of hydrogen-bond acceptors (Lipinski definition) is 3. The van der Waals surface area contributed by atoms with Crippen LogP contribution in [0.15, 0.2) is 0 Å². The van der Waals surface area contributed by atoms with Gasteiger partial charge in [0.1, 0.15) is 0 Å². The topological polar surface area (TPSA) is 47.8 Å². The quantitative estimate of drug-likeness (QED) is 0.755. The summed E-state index contributed by atoms with van der Waals surface area (Å²) in [6, 6.07) is 0.147. The van der Waals surface area contributed by atoms with Crippen molar-refractivity contribution in [1.82, 2.24) is 14.8 Å². The first-order chi connectivity index (χ1) is 8.24. The lowest BCUT2D eigenvalue weighted by Gasteiger charge is -2.08. The zero-order valence-electron chi connectivity index (χ0n) is 9.47. The van der Waals surface area contributed by atoms with Crippen LogP contribution in [0.4, 0.5) is 4.39 Å². The predicted molar refractivity (Wildman–Crippen MR) is 57.3 cm³/mol. The van der Waals surface area contributed by atoms with Gasteiger partial charge >= 0.3 is 0 Å². The smallest absolute Gasteiger partial charge is 0.217 e. The second-order valence-electron chi connectivity index (χ2n) is 5.48. The van der Waals surface area contributed by atoms with Crippen molar-refractivity contribution < 1.29 is 9.18 Å². The maximum absolute atomic E-state index is 13.8. The van der Waals surface area contributed by atoms with E-state index in [9.17, 15) is 9.18 Å². The molecule has 4 rings (SSSR count). The van der Waals surface area contributed by atoms with Gasteiger partial charge in [0.05, 0.1) is 6.04 Å². The fraction of sp³-hybridized carbons (Fsp3) is 0.750. The molecule has 1 aromatic rings. The average molecular weight is 235 g/mol. The lowest BCUT2D eigenvalue weighted by molar-refractivity contribution is 0.0956. The van der Waals surface area contributed by atoms with Crippen LogP contribution in [0.3, 0.4) is 0 Å². The van der Waals surface area contributed by atoms with E-state index >= 15 is 0 Å². The first-order valence-corrected chi connectivity index (χ1v) is 6.39. The van der Waals surface area contributed by atoms with Crippen LogP contribution in [0.25, 0.3) is 0 Å². The van der Waals surface area contributed by atoms with Crippen molar-refractivity contribution in [3.05, 3.63) is 11.6 Å². The highest BCUT2D eigenvalue weighted by Gasteiger charge is 2.44. The van der Waals surface area contributed by atoms with E-state index in [1.807, 2.05) is 0 Å². The lowest BCUT2D eigenvalue weighted by Crippen LogP contribution is -2.10. The molecule has 2 heterocycles. The average Bonchev–Trinajstić information content (AvgIpc) is 3.20. The molecule has 1 aliphatic heterocycles. The zero-order valence-corrected chi connectivity index (χ0v) is 9.47. The van der Waals surface area contributed by atoms with Gasteiger partial charge in [0.15, 0.2) is 12.0 Å².